The predicted molar refractivity (Wildman–Crippen MR) is 75.3 cm³/mol. The zero-order valence-electron chi connectivity index (χ0n) is 12.2. The van der Waals surface area contributed by atoms with Gasteiger partial charge in [-0.25, -0.2) is 0 Å². The summed E-state index contributed by atoms with van der Waals surface area (Å²) in [5, 5.41) is 9.95. The molecule has 20 heavy (non-hydrogen) atoms. The van der Waals surface area contributed by atoms with E-state index >= 15 is 0 Å². The van der Waals surface area contributed by atoms with Gasteiger partial charge in [-0.2, -0.15) is 0 Å². The van der Waals surface area contributed by atoms with Crippen LogP contribution in [0.4, 0.5) is 0 Å². The zero-order chi connectivity index (χ0) is 13.9. The Bertz CT molecular complexity index is 338. The number of aliphatic hydroxyl groups is 1. The maximum absolute atomic E-state index is 12.0. The molecule has 3 fully saturated rings. The van der Waals surface area contributed by atoms with Gasteiger partial charge in [0.15, 0.2) is 0 Å². The summed E-state index contributed by atoms with van der Waals surface area (Å²) in [5.74, 6) is 0.834. The van der Waals surface area contributed by atoms with Gasteiger partial charge >= 0.3 is 0 Å². The fourth-order valence-electron chi connectivity index (χ4n) is 3.34. The van der Waals surface area contributed by atoms with Crippen LogP contribution in [0.1, 0.15) is 32.1 Å². The minimum atomic E-state index is -0.167. The highest BCUT2D eigenvalue weighted by Crippen LogP contribution is 2.28. The van der Waals surface area contributed by atoms with E-state index in [1.807, 2.05) is 4.90 Å². The van der Waals surface area contributed by atoms with Crippen molar-refractivity contribution < 1.29 is 14.6 Å². The van der Waals surface area contributed by atoms with Crippen LogP contribution in [-0.2, 0) is 9.53 Å². The van der Waals surface area contributed by atoms with Crippen molar-refractivity contribution in [2.75, 3.05) is 39.4 Å². The maximum atomic E-state index is 12.0. The highest BCUT2D eigenvalue weighted by molar-refractivity contribution is 5.77. The lowest BCUT2D eigenvalue weighted by Gasteiger charge is -2.39. The molecule has 0 aromatic rings. The lowest BCUT2D eigenvalue weighted by atomic mass is 10.1. The van der Waals surface area contributed by atoms with Crippen molar-refractivity contribution >= 4 is 5.91 Å². The van der Waals surface area contributed by atoms with E-state index in [0.29, 0.717) is 12.0 Å². The van der Waals surface area contributed by atoms with Crippen molar-refractivity contribution in [3.63, 3.8) is 0 Å². The quantitative estimate of drug-likeness (QED) is 0.796. The van der Waals surface area contributed by atoms with E-state index in [9.17, 15) is 9.90 Å². The summed E-state index contributed by atoms with van der Waals surface area (Å²) in [6.45, 7) is 4.30. The Labute approximate surface area is 120 Å². The van der Waals surface area contributed by atoms with Crippen molar-refractivity contribution in [2.24, 2.45) is 5.92 Å². The predicted octanol–water partition coefficient (Wildman–Crippen LogP) is 0.471. The molecule has 1 heterocycles. The maximum Gasteiger partial charge on any atom is 0.248 e. The summed E-state index contributed by atoms with van der Waals surface area (Å²) in [4.78, 5) is 16.3. The van der Waals surface area contributed by atoms with Crippen LogP contribution in [0.25, 0.3) is 0 Å². The number of hydrogen-bond donors (Lipinski definition) is 1. The van der Waals surface area contributed by atoms with Crippen molar-refractivity contribution in [2.45, 2.75) is 44.2 Å². The second kappa shape index (κ2) is 6.41. The highest BCUT2D eigenvalue weighted by atomic mass is 16.5. The third-order valence-corrected chi connectivity index (χ3v) is 4.86. The van der Waals surface area contributed by atoms with Crippen molar-refractivity contribution in [1.29, 1.82) is 0 Å². The molecule has 0 aromatic heterocycles. The first-order valence-corrected chi connectivity index (χ1v) is 8.01. The van der Waals surface area contributed by atoms with Crippen LogP contribution in [-0.4, -0.2) is 72.4 Å². The first kappa shape index (κ1) is 14.3. The third kappa shape index (κ3) is 3.51. The minimum absolute atomic E-state index is 0.122. The van der Waals surface area contributed by atoms with Gasteiger partial charge in [0.2, 0.25) is 5.91 Å². The van der Waals surface area contributed by atoms with Crippen LogP contribution < -0.4 is 0 Å². The third-order valence-electron chi connectivity index (χ3n) is 4.86. The van der Waals surface area contributed by atoms with Gasteiger partial charge in [0.1, 0.15) is 6.61 Å². The van der Waals surface area contributed by atoms with E-state index in [0.717, 1.165) is 52.0 Å². The van der Waals surface area contributed by atoms with Gasteiger partial charge in [-0.1, -0.05) is 0 Å². The first-order valence-electron chi connectivity index (χ1n) is 8.01. The fourth-order valence-corrected chi connectivity index (χ4v) is 3.34. The van der Waals surface area contributed by atoms with Crippen LogP contribution >= 0.6 is 0 Å². The summed E-state index contributed by atoms with van der Waals surface area (Å²) < 4.78 is 5.47. The number of carbonyl (C=O) groups excluding carboxylic acids is 1. The number of carbonyl (C=O) groups is 1. The Morgan fingerprint density at radius 1 is 1.10 bits per heavy atom. The number of amides is 1. The summed E-state index contributed by atoms with van der Waals surface area (Å²) in [6.07, 6.45) is 5.50. The molecule has 0 radical (unpaired) electrons. The molecule has 2 saturated carbocycles. The normalized spacial score (nSPS) is 31.8. The number of hydrogen-bond acceptors (Lipinski definition) is 4. The summed E-state index contributed by atoms with van der Waals surface area (Å²) in [5.41, 5.74) is 0. The van der Waals surface area contributed by atoms with Crippen LogP contribution in [0.5, 0.6) is 0 Å². The molecule has 3 aliphatic rings. The van der Waals surface area contributed by atoms with E-state index in [2.05, 4.69) is 4.90 Å². The molecule has 0 spiro atoms. The van der Waals surface area contributed by atoms with Crippen LogP contribution in [0.15, 0.2) is 0 Å². The van der Waals surface area contributed by atoms with Crippen LogP contribution in [0, 0.1) is 5.92 Å². The molecular formula is C15H26N2O3. The van der Waals surface area contributed by atoms with Gasteiger partial charge in [0.25, 0.3) is 0 Å². The van der Waals surface area contributed by atoms with Gasteiger partial charge < -0.3 is 14.7 Å². The topological polar surface area (TPSA) is 53.0 Å². The summed E-state index contributed by atoms with van der Waals surface area (Å²) in [7, 11) is 0. The van der Waals surface area contributed by atoms with E-state index in [4.69, 9.17) is 4.74 Å². The van der Waals surface area contributed by atoms with Crippen LogP contribution in [0.3, 0.4) is 0 Å². The van der Waals surface area contributed by atoms with Gasteiger partial charge in [0, 0.05) is 32.2 Å². The van der Waals surface area contributed by atoms with Crippen molar-refractivity contribution in [3.05, 3.63) is 0 Å². The Morgan fingerprint density at radius 2 is 1.85 bits per heavy atom. The molecule has 0 unspecified atom stereocenters. The summed E-state index contributed by atoms with van der Waals surface area (Å²) >= 11 is 0. The molecule has 1 aliphatic heterocycles. The Kier molecular flexibility index (Phi) is 4.58. The zero-order valence-corrected chi connectivity index (χ0v) is 12.2. The number of aliphatic hydroxyl groups excluding tert-OH is 1. The lowest BCUT2D eigenvalue weighted by molar-refractivity contribution is -0.138. The van der Waals surface area contributed by atoms with E-state index in [1.165, 1.54) is 12.8 Å². The molecule has 114 valence electrons. The van der Waals surface area contributed by atoms with E-state index < -0.39 is 0 Å². The Morgan fingerprint density at radius 3 is 2.45 bits per heavy atom. The molecule has 3 rings (SSSR count). The standard InChI is InChI=1S/C15H26N2O3/c18-14-3-1-2-13(14)16-6-8-17(9-7-16)15(19)11-20-10-12-4-5-12/h12-14,18H,1-11H2/t13-,14-/m1/s1. The number of rotatable bonds is 5. The van der Waals surface area contributed by atoms with Gasteiger partial charge in [-0.3, -0.25) is 9.69 Å². The van der Waals surface area contributed by atoms with Gasteiger partial charge in [0.05, 0.1) is 12.7 Å². The lowest BCUT2D eigenvalue weighted by Crippen LogP contribution is -2.54. The SMILES string of the molecule is O=C(COCC1CC1)N1CCN([C@@H]2CCC[C@H]2O)CC1. The molecule has 2 aliphatic carbocycles. The molecule has 5 heteroatoms. The molecular weight excluding hydrogens is 256 g/mol. The Balaban J connectivity index is 1.37. The highest BCUT2D eigenvalue weighted by Gasteiger charge is 2.33. The molecule has 1 amide bonds. The van der Waals surface area contributed by atoms with Gasteiger partial charge in [-0.05, 0) is 38.0 Å². The van der Waals surface area contributed by atoms with Gasteiger partial charge in [-0.15, -0.1) is 0 Å². The van der Waals surface area contributed by atoms with Crippen molar-refractivity contribution in [1.82, 2.24) is 9.80 Å². The fraction of sp³-hybridized carbons (Fsp3) is 0.933. The first-order chi connectivity index (χ1) is 9.74. The number of ether oxygens (including phenoxy) is 1. The molecule has 5 nitrogen and oxygen atoms in total. The largest absolute Gasteiger partial charge is 0.391 e. The molecule has 1 saturated heterocycles. The monoisotopic (exact) mass is 282 g/mol. The number of piperazine rings is 1. The molecule has 2 atom stereocenters. The minimum Gasteiger partial charge on any atom is -0.391 e. The second-order valence-electron chi connectivity index (χ2n) is 6.44. The Hall–Kier alpha value is -0.650. The van der Waals surface area contributed by atoms with E-state index in [-0.39, 0.29) is 18.6 Å². The average molecular weight is 282 g/mol. The summed E-state index contributed by atoms with van der Waals surface area (Å²) in [6, 6.07) is 0.318. The molecule has 0 bridgehead atoms. The van der Waals surface area contributed by atoms with E-state index in [1.54, 1.807) is 0 Å². The second-order valence-corrected chi connectivity index (χ2v) is 6.44. The average Bonchev–Trinajstić information content (AvgIpc) is 3.19. The molecule has 0 aromatic carbocycles. The van der Waals surface area contributed by atoms with Crippen molar-refractivity contribution in [3.8, 4) is 0 Å². The number of nitrogens with zero attached hydrogens (tertiary/aromatic N) is 2. The molecule has 1 N–H and O–H groups in total. The van der Waals surface area contributed by atoms with Crippen LogP contribution in [0.2, 0.25) is 0 Å². The smallest absolute Gasteiger partial charge is 0.248 e.